The van der Waals surface area contributed by atoms with Crippen LogP contribution >= 0.6 is 0 Å². The lowest BCUT2D eigenvalue weighted by molar-refractivity contribution is -0.138. The van der Waals surface area contributed by atoms with Crippen LogP contribution in [0.3, 0.4) is 0 Å². The van der Waals surface area contributed by atoms with Crippen molar-refractivity contribution in [3.8, 4) is 6.07 Å². The summed E-state index contributed by atoms with van der Waals surface area (Å²) in [6.07, 6.45) is 6.71. The van der Waals surface area contributed by atoms with Crippen molar-refractivity contribution in [2.24, 2.45) is 11.3 Å². The molecule has 1 aromatic rings. The van der Waals surface area contributed by atoms with E-state index in [9.17, 15) is 4.79 Å². The number of rotatable bonds is 4. The molecule has 3 rings (SSSR count). The Morgan fingerprint density at radius 1 is 1.36 bits per heavy atom. The lowest BCUT2D eigenvalue weighted by Crippen LogP contribution is -2.54. The zero-order chi connectivity index (χ0) is 17.9. The van der Waals surface area contributed by atoms with Crippen molar-refractivity contribution in [3.05, 3.63) is 23.9 Å². The quantitative estimate of drug-likeness (QED) is 0.844. The van der Waals surface area contributed by atoms with Crippen LogP contribution in [-0.2, 0) is 4.79 Å². The van der Waals surface area contributed by atoms with Gasteiger partial charge in [-0.15, -0.1) is 0 Å². The molecule has 0 aliphatic carbocycles. The highest BCUT2D eigenvalue weighted by Gasteiger charge is 2.41. The first kappa shape index (κ1) is 17.7. The Labute approximate surface area is 150 Å². The van der Waals surface area contributed by atoms with Crippen molar-refractivity contribution in [3.63, 3.8) is 0 Å². The van der Waals surface area contributed by atoms with E-state index >= 15 is 0 Å². The third kappa shape index (κ3) is 4.12. The van der Waals surface area contributed by atoms with Gasteiger partial charge in [-0.2, -0.15) is 5.26 Å². The van der Waals surface area contributed by atoms with Crippen LogP contribution in [0.25, 0.3) is 0 Å². The molecule has 5 nitrogen and oxygen atoms in total. The molecule has 2 saturated heterocycles. The molecule has 3 heterocycles. The van der Waals surface area contributed by atoms with E-state index in [-0.39, 0.29) is 5.41 Å². The molecule has 2 aliphatic rings. The van der Waals surface area contributed by atoms with Crippen molar-refractivity contribution in [1.82, 2.24) is 9.88 Å². The van der Waals surface area contributed by atoms with Crippen molar-refractivity contribution >= 4 is 11.7 Å². The summed E-state index contributed by atoms with van der Waals surface area (Å²) >= 11 is 0. The van der Waals surface area contributed by atoms with E-state index in [0.29, 0.717) is 23.8 Å². The molecule has 25 heavy (non-hydrogen) atoms. The first-order chi connectivity index (χ1) is 12.0. The van der Waals surface area contributed by atoms with Crippen molar-refractivity contribution in [2.45, 2.75) is 46.0 Å². The minimum Gasteiger partial charge on any atom is -0.356 e. The normalized spacial score (nSPS) is 24.0. The van der Waals surface area contributed by atoms with Crippen molar-refractivity contribution < 1.29 is 4.79 Å². The average Bonchev–Trinajstić information content (AvgIpc) is 2.63. The number of pyridine rings is 1. The maximum atomic E-state index is 12.3. The topological polar surface area (TPSA) is 60.2 Å². The summed E-state index contributed by atoms with van der Waals surface area (Å²) in [5.74, 6) is 1.82. The van der Waals surface area contributed by atoms with Gasteiger partial charge in [-0.05, 0) is 43.7 Å². The Bertz CT molecular complexity index is 666. The lowest BCUT2D eigenvalue weighted by Gasteiger charge is -2.48. The Kier molecular flexibility index (Phi) is 5.27. The van der Waals surface area contributed by atoms with E-state index in [1.54, 1.807) is 12.3 Å². The predicted octanol–water partition coefficient (Wildman–Crippen LogP) is 3.21. The maximum Gasteiger partial charge on any atom is 0.222 e. The van der Waals surface area contributed by atoms with Gasteiger partial charge in [0.2, 0.25) is 5.91 Å². The van der Waals surface area contributed by atoms with Crippen LogP contribution in [-0.4, -0.2) is 42.0 Å². The minimum absolute atomic E-state index is 0.174. The van der Waals surface area contributed by atoms with Gasteiger partial charge >= 0.3 is 0 Å². The first-order valence-electron chi connectivity index (χ1n) is 9.40. The highest BCUT2D eigenvalue weighted by atomic mass is 16.2. The van der Waals surface area contributed by atoms with Crippen molar-refractivity contribution in [1.29, 1.82) is 5.26 Å². The molecule has 5 heteroatoms. The van der Waals surface area contributed by atoms with E-state index in [4.69, 9.17) is 5.26 Å². The van der Waals surface area contributed by atoms with E-state index in [1.807, 2.05) is 6.07 Å². The number of aromatic nitrogens is 1. The Balaban J connectivity index is 1.72. The van der Waals surface area contributed by atoms with Gasteiger partial charge in [-0.3, -0.25) is 4.79 Å². The summed E-state index contributed by atoms with van der Waals surface area (Å²) in [7, 11) is 0. The molecule has 2 aliphatic heterocycles. The number of likely N-dealkylation sites (tertiary alicyclic amines) is 1. The van der Waals surface area contributed by atoms with Gasteiger partial charge in [0, 0.05) is 44.2 Å². The molecule has 1 amide bonds. The Morgan fingerprint density at radius 2 is 2.20 bits per heavy atom. The highest BCUT2D eigenvalue weighted by molar-refractivity contribution is 5.77. The Morgan fingerprint density at radius 3 is 2.96 bits per heavy atom. The van der Waals surface area contributed by atoms with E-state index in [2.05, 4.69) is 34.7 Å². The Hall–Kier alpha value is -2.09. The standard InChI is InChI=1S/C20H28N4O/c1-16(2)6-11-24-15-20(8-4-19(24)25)7-3-10-23(14-20)18-12-17(13-21)5-9-22-18/h5,9,12,16H,3-4,6-8,10-11,14-15H2,1-2H3/t20-/m0/s1. The van der Waals surface area contributed by atoms with Gasteiger partial charge in [0.25, 0.3) is 0 Å². The second-order valence-corrected chi connectivity index (χ2v) is 8.04. The van der Waals surface area contributed by atoms with Crippen LogP contribution in [0, 0.1) is 22.7 Å². The van der Waals surface area contributed by atoms with Gasteiger partial charge in [-0.25, -0.2) is 4.98 Å². The number of amides is 1. The summed E-state index contributed by atoms with van der Waals surface area (Å²) in [6.45, 7) is 8.07. The molecule has 0 N–H and O–H groups in total. The van der Waals surface area contributed by atoms with Crippen LogP contribution < -0.4 is 4.90 Å². The molecular weight excluding hydrogens is 312 g/mol. The van der Waals surface area contributed by atoms with E-state index < -0.39 is 0 Å². The first-order valence-corrected chi connectivity index (χ1v) is 9.40. The fraction of sp³-hybridized carbons (Fsp3) is 0.650. The van der Waals surface area contributed by atoms with E-state index in [1.165, 1.54) is 6.42 Å². The van der Waals surface area contributed by atoms with Gasteiger partial charge in [0.1, 0.15) is 5.82 Å². The predicted molar refractivity (Wildman–Crippen MR) is 98.1 cm³/mol. The molecule has 134 valence electrons. The monoisotopic (exact) mass is 340 g/mol. The van der Waals surface area contributed by atoms with Crippen LogP contribution in [0.1, 0.15) is 51.5 Å². The van der Waals surface area contributed by atoms with Crippen LogP contribution in [0.2, 0.25) is 0 Å². The largest absolute Gasteiger partial charge is 0.356 e. The molecule has 0 bridgehead atoms. The maximum absolute atomic E-state index is 12.3. The number of nitriles is 1. The molecule has 1 spiro atoms. The van der Waals surface area contributed by atoms with Gasteiger partial charge in [-0.1, -0.05) is 13.8 Å². The minimum atomic E-state index is 0.174. The second-order valence-electron chi connectivity index (χ2n) is 8.04. The molecule has 0 unspecified atom stereocenters. The van der Waals surface area contributed by atoms with E-state index in [0.717, 1.165) is 51.3 Å². The van der Waals surface area contributed by atoms with Gasteiger partial charge in [0.15, 0.2) is 0 Å². The third-order valence-corrected chi connectivity index (χ3v) is 5.58. The zero-order valence-corrected chi connectivity index (χ0v) is 15.4. The van der Waals surface area contributed by atoms with Gasteiger partial charge in [0.05, 0.1) is 11.6 Å². The smallest absolute Gasteiger partial charge is 0.222 e. The molecule has 0 saturated carbocycles. The summed E-state index contributed by atoms with van der Waals surface area (Å²) in [4.78, 5) is 21.2. The number of carbonyl (C=O) groups excluding carboxylic acids is 1. The summed E-state index contributed by atoms with van der Waals surface area (Å²) < 4.78 is 0. The fourth-order valence-electron chi connectivity index (χ4n) is 4.12. The summed E-state index contributed by atoms with van der Waals surface area (Å²) in [6, 6.07) is 5.82. The summed E-state index contributed by atoms with van der Waals surface area (Å²) in [5, 5.41) is 9.13. The zero-order valence-electron chi connectivity index (χ0n) is 15.4. The lowest BCUT2D eigenvalue weighted by atomic mass is 9.73. The fourth-order valence-corrected chi connectivity index (χ4v) is 4.12. The van der Waals surface area contributed by atoms with Gasteiger partial charge < -0.3 is 9.80 Å². The number of carbonyl (C=O) groups is 1. The number of hydrogen-bond donors (Lipinski definition) is 0. The number of piperidine rings is 2. The molecule has 1 aromatic heterocycles. The molecule has 0 aromatic carbocycles. The molecule has 1 atom stereocenters. The molecule has 0 radical (unpaired) electrons. The average molecular weight is 340 g/mol. The van der Waals surface area contributed by atoms with Crippen LogP contribution in [0.5, 0.6) is 0 Å². The summed E-state index contributed by atoms with van der Waals surface area (Å²) in [5.41, 5.74) is 0.829. The van der Waals surface area contributed by atoms with Crippen LogP contribution in [0.4, 0.5) is 5.82 Å². The van der Waals surface area contributed by atoms with Crippen molar-refractivity contribution in [2.75, 3.05) is 31.1 Å². The second kappa shape index (κ2) is 7.43. The third-order valence-electron chi connectivity index (χ3n) is 5.58. The molecule has 2 fully saturated rings. The van der Waals surface area contributed by atoms with Crippen LogP contribution in [0.15, 0.2) is 18.3 Å². The SMILES string of the molecule is CC(C)CCN1C[C@@]2(CCCN(c3cc(C#N)ccn3)C2)CCC1=O. The number of nitrogens with zero attached hydrogens (tertiary/aromatic N) is 4. The highest BCUT2D eigenvalue weighted by Crippen LogP contribution is 2.40. The number of anilines is 1. The number of hydrogen-bond acceptors (Lipinski definition) is 4. The molecular formula is C20H28N4O.